The molecule has 2 aliphatic rings. The molecule has 0 atom stereocenters. The second kappa shape index (κ2) is 15.8. The largest absolute Gasteiger partial charge is 0.0955 e. The van der Waals surface area contributed by atoms with Crippen molar-refractivity contribution in [2.24, 2.45) is 10.8 Å². The first-order valence-corrected chi connectivity index (χ1v) is 15.3. The maximum atomic E-state index is 4.30. The normalized spacial score (nSPS) is 22.7. The predicted octanol–water partition coefficient (Wildman–Crippen LogP) is 12.6. The van der Waals surface area contributed by atoms with Crippen LogP contribution in [0.15, 0.2) is 130 Å². The Morgan fingerprint density at radius 1 is 0.675 bits per heavy atom. The van der Waals surface area contributed by atoms with E-state index in [9.17, 15) is 0 Å². The minimum atomic E-state index is 0.230. The van der Waals surface area contributed by atoms with E-state index in [0.717, 1.165) is 12.8 Å². The standard InChI is InChI=1S/C40H56/c1-31(19-13-21-33(3)25-27-37-35(5)23-15-29-39(37,7)8)17-11-12-18-32(2)20-14-22-34(4)26-28-38-36(6)24-16-30-40(38,9)10/h11-14,17-22,25-27H,5,15-16,23-24,28-30H2,1-4,6-10H3/b17-11+,18-12+,21-13+,22-14+,31-19+,32-20+,33-25+,34-26+,37-27+. The minimum absolute atomic E-state index is 0.230. The van der Waals surface area contributed by atoms with Gasteiger partial charge in [-0.15, -0.1) is 0 Å². The van der Waals surface area contributed by atoms with Gasteiger partial charge in [-0.05, 0) is 96.0 Å². The molecule has 0 aliphatic heterocycles. The van der Waals surface area contributed by atoms with Gasteiger partial charge < -0.3 is 0 Å². The fourth-order valence-electron chi connectivity index (χ4n) is 5.79. The number of hydrogen-bond acceptors (Lipinski definition) is 0. The van der Waals surface area contributed by atoms with Crippen LogP contribution in [0.3, 0.4) is 0 Å². The molecule has 0 amide bonds. The third kappa shape index (κ3) is 11.3. The van der Waals surface area contributed by atoms with Crippen LogP contribution in [-0.2, 0) is 0 Å². The van der Waals surface area contributed by atoms with Crippen LogP contribution in [0, 0.1) is 10.8 Å². The van der Waals surface area contributed by atoms with Crippen molar-refractivity contribution in [3.05, 3.63) is 130 Å². The summed E-state index contributed by atoms with van der Waals surface area (Å²) in [6, 6.07) is 0. The van der Waals surface area contributed by atoms with Gasteiger partial charge in [-0.3, -0.25) is 0 Å². The van der Waals surface area contributed by atoms with Crippen LogP contribution in [0.5, 0.6) is 0 Å². The van der Waals surface area contributed by atoms with Gasteiger partial charge in [0.1, 0.15) is 0 Å². The molecule has 0 heterocycles. The van der Waals surface area contributed by atoms with Crippen molar-refractivity contribution in [3.63, 3.8) is 0 Å². The molecule has 0 heteroatoms. The quantitative estimate of drug-likeness (QED) is 0.192. The van der Waals surface area contributed by atoms with E-state index in [1.807, 2.05) is 0 Å². The van der Waals surface area contributed by atoms with E-state index in [4.69, 9.17) is 0 Å². The highest BCUT2D eigenvalue weighted by molar-refractivity contribution is 5.40. The first-order valence-electron chi connectivity index (χ1n) is 15.3. The molecular formula is C40H56. The average molecular weight is 537 g/mol. The summed E-state index contributed by atoms with van der Waals surface area (Å²) in [4.78, 5) is 0. The fraction of sp³-hybridized carbons (Fsp3) is 0.450. The summed E-state index contributed by atoms with van der Waals surface area (Å²) in [5.41, 5.74) is 11.6. The van der Waals surface area contributed by atoms with Crippen molar-refractivity contribution in [2.75, 3.05) is 0 Å². The Hall–Kier alpha value is -2.86. The Kier molecular flexibility index (Phi) is 13.2. The van der Waals surface area contributed by atoms with Crippen molar-refractivity contribution >= 4 is 0 Å². The molecule has 0 bridgehead atoms. The Balaban J connectivity index is 1.86. The summed E-state index contributed by atoms with van der Waals surface area (Å²) in [5, 5.41) is 0. The summed E-state index contributed by atoms with van der Waals surface area (Å²) in [7, 11) is 0. The number of hydrogen-bond donors (Lipinski definition) is 0. The minimum Gasteiger partial charge on any atom is -0.0955 e. The van der Waals surface area contributed by atoms with E-state index in [1.165, 1.54) is 65.5 Å². The summed E-state index contributed by atoms with van der Waals surface area (Å²) in [6.45, 7) is 24.7. The number of allylic oxidation sites excluding steroid dienone is 21. The monoisotopic (exact) mass is 536 g/mol. The first kappa shape index (κ1) is 33.3. The third-order valence-electron chi connectivity index (χ3n) is 8.48. The van der Waals surface area contributed by atoms with Crippen LogP contribution in [0.4, 0.5) is 0 Å². The van der Waals surface area contributed by atoms with Crippen LogP contribution in [0.25, 0.3) is 0 Å². The molecule has 0 spiro atoms. The van der Waals surface area contributed by atoms with Gasteiger partial charge in [0.2, 0.25) is 0 Å². The van der Waals surface area contributed by atoms with Crippen molar-refractivity contribution < 1.29 is 0 Å². The van der Waals surface area contributed by atoms with Crippen LogP contribution in [0.1, 0.15) is 107 Å². The van der Waals surface area contributed by atoms with Crippen LogP contribution in [-0.4, -0.2) is 0 Å². The molecule has 0 aromatic rings. The molecule has 0 aromatic heterocycles. The molecule has 2 aliphatic carbocycles. The van der Waals surface area contributed by atoms with E-state index < -0.39 is 0 Å². The van der Waals surface area contributed by atoms with Gasteiger partial charge in [-0.1, -0.05) is 152 Å². The van der Waals surface area contributed by atoms with Gasteiger partial charge in [-0.25, -0.2) is 0 Å². The molecule has 1 saturated carbocycles. The molecule has 0 unspecified atom stereocenters. The number of rotatable bonds is 10. The van der Waals surface area contributed by atoms with Crippen LogP contribution < -0.4 is 0 Å². The molecule has 0 aromatic carbocycles. The van der Waals surface area contributed by atoms with E-state index >= 15 is 0 Å². The van der Waals surface area contributed by atoms with Gasteiger partial charge in [-0.2, -0.15) is 0 Å². The maximum absolute atomic E-state index is 4.30. The zero-order valence-electron chi connectivity index (χ0n) is 27.2. The lowest BCUT2D eigenvalue weighted by Gasteiger charge is -2.34. The summed E-state index contributed by atoms with van der Waals surface area (Å²) < 4.78 is 0. The first-order chi connectivity index (χ1) is 18.8. The second-order valence-electron chi connectivity index (χ2n) is 13.2. The lowest BCUT2D eigenvalue weighted by molar-refractivity contribution is 0.360. The highest BCUT2D eigenvalue weighted by atomic mass is 14.3. The van der Waals surface area contributed by atoms with Crippen molar-refractivity contribution in [2.45, 2.75) is 107 Å². The van der Waals surface area contributed by atoms with Gasteiger partial charge >= 0.3 is 0 Å². The molecule has 0 N–H and O–H groups in total. The van der Waals surface area contributed by atoms with Gasteiger partial charge in [0.15, 0.2) is 0 Å². The van der Waals surface area contributed by atoms with E-state index in [-0.39, 0.29) is 5.41 Å². The Morgan fingerprint density at radius 2 is 1.18 bits per heavy atom. The Morgan fingerprint density at radius 3 is 1.75 bits per heavy atom. The topological polar surface area (TPSA) is 0 Å². The van der Waals surface area contributed by atoms with Crippen LogP contribution >= 0.6 is 0 Å². The summed E-state index contributed by atoms with van der Waals surface area (Å²) >= 11 is 0. The third-order valence-corrected chi connectivity index (χ3v) is 8.48. The van der Waals surface area contributed by atoms with E-state index in [1.54, 1.807) is 11.1 Å². The lowest BCUT2D eigenvalue weighted by Crippen LogP contribution is -2.20. The molecule has 216 valence electrons. The zero-order chi connectivity index (χ0) is 29.8. The molecule has 0 nitrogen and oxygen atoms in total. The Labute approximate surface area is 247 Å². The van der Waals surface area contributed by atoms with Gasteiger partial charge in [0, 0.05) is 0 Å². The average Bonchev–Trinajstić information content (AvgIpc) is 2.85. The SMILES string of the molecule is C=C1CCCC(C)(C)/C1=C/C=C(C)/C=C/C=C(C)/C=C/C=C/C(C)=C/C=C/C(C)=C/CC1=C(C)CCCC1(C)C. The summed E-state index contributed by atoms with van der Waals surface area (Å²) in [5.74, 6) is 0. The molecular weight excluding hydrogens is 480 g/mol. The highest BCUT2D eigenvalue weighted by Crippen LogP contribution is 2.43. The van der Waals surface area contributed by atoms with Crippen molar-refractivity contribution in [1.29, 1.82) is 0 Å². The predicted molar refractivity (Wildman–Crippen MR) is 181 cm³/mol. The Bertz CT molecular complexity index is 1200. The van der Waals surface area contributed by atoms with Crippen molar-refractivity contribution in [1.82, 2.24) is 0 Å². The lowest BCUT2D eigenvalue weighted by atomic mass is 9.71. The fourth-order valence-corrected chi connectivity index (χ4v) is 5.79. The molecule has 40 heavy (non-hydrogen) atoms. The highest BCUT2D eigenvalue weighted by Gasteiger charge is 2.28. The van der Waals surface area contributed by atoms with Gasteiger partial charge in [0.05, 0.1) is 0 Å². The molecule has 2 rings (SSSR count). The van der Waals surface area contributed by atoms with Crippen molar-refractivity contribution in [3.8, 4) is 0 Å². The van der Waals surface area contributed by atoms with Gasteiger partial charge in [0.25, 0.3) is 0 Å². The smallest absolute Gasteiger partial charge is 0.0101 e. The maximum Gasteiger partial charge on any atom is -0.0101 e. The van der Waals surface area contributed by atoms with E-state index in [0.29, 0.717) is 5.41 Å². The summed E-state index contributed by atoms with van der Waals surface area (Å²) in [6.07, 6.45) is 37.0. The molecule has 0 saturated heterocycles. The zero-order valence-corrected chi connectivity index (χ0v) is 27.2. The second-order valence-corrected chi connectivity index (χ2v) is 13.2. The molecule has 1 fully saturated rings. The van der Waals surface area contributed by atoms with E-state index in [2.05, 4.69) is 148 Å². The molecule has 0 radical (unpaired) electrons. The van der Waals surface area contributed by atoms with Crippen LogP contribution in [0.2, 0.25) is 0 Å².